The van der Waals surface area contributed by atoms with Crippen molar-refractivity contribution in [1.82, 2.24) is 14.5 Å². The molecule has 6 heteroatoms. The fraction of sp³-hybridized carbons (Fsp3) is 0.211. The summed E-state index contributed by atoms with van der Waals surface area (Å²) in [5.74, 6) is 0.297. The van der Waals surface area contributed by atoms with Crippen LogP contribution in [0.3, 0.4) is 0 Å². The summed E-state index contributed by atoms with van der Waals surface area (Å²) in [6, 6.07) is 9.14. The first-order chi connectivity index (χ1) is 12.0. The third kappa shape index (κ3) is 4.09. The molecule has 0 radical (unpaired) electrons. The second-order valence-electron chi connectivity index (χ2n) is 5.92. The highest BCUT2D eigenvalue weighted by atomic mass is 19.1. The first-order valence-corrected chi connectivity index (χ1v) is 8.01. The zero-order valence-electron chi connectivity index (χ0n) is 14.1. The Hall–Kier alpha value is -3.02. The van der Waals surface area contributed by atoms with Gasteiger partial charge in [0.05, 0.1) is 18.7 Å². The largest absolute Gasteiger partial charge is 0.328 e. The molecule has 0 fully saturated rings. The molecule has 128 valence electrons. The van der Waals surface area contributed by atoms with Crippen LogP contribution < -0.4 is 5.32 Å². The Morgan fingerprint density at radius 2 is 2.04 bits per heavy atom. The quantitative estimate of drug-likeness (QED) is 0.774. The molecule has 3 aromatic rings. The normalized spacial score (nSPS) is 12.0. The van der Waals surface area contributed by atoms with Crippen molar-refractivity contribution in [1.29, 1.82) is 0 Å². The Balaban J connectivity index is 1.64. The Bertz CT molecular complexity index is 873. The van der Waals surface area contributed by atoms with Crippen LogP contribution in [-0.2, 0) is 11.2 Å². The van der Waals surface area contributed by atoms with E-state index < -0.39 is 5.82 Å². The van der Waals surface area contributed by atoms with E-state index in [0.29, 0.717) is 11.3 Å². The molecular weight excluding hydrogens is 319 g/mol. The van der Waals surface area contributed by atoms with E-state index in [-0.39, 0.29) is 18.4 Å². The first kappa shape index (κ1) is 16.8. The lowest BCUT2D eigenvalue weighted by Crippen LogP contribution is -2.15. The van der Waals surface area contributed by atoms with Crippen molar-refractivity contribution < 1.29 is 9.18 Å². The molecule has 0 aliphatic rings. The lowest BCUT2D eigenvalue weighted by atomic mass is 10.1. The smallest absolute Gasteiger partial charge is 0.228 e. The number of hydrogen-bond acceptors (Lipinski definition) is 3. The maximum absolute atomic E-state index is 13.1. The molecule has 0 aliphatic carbocycles. The van der Waals surface area contributed by atoms with Crippen molar-refractivity contribution in [2.75, 3.05) is 5.32 Å². The fourth-order valence-corrected chi connectivity index (χ4v) is 2.75. The van der Waals surface area contributed by atoms with E-state index in [0.717, 1.165) is 17.6 Å². The Labute approximate surface area is 145 Å². The molecular formula is C19H19FN4O. The summed E-state index contributed by atoms with van der Waals surface area (Å²) in [7, 11) is 0. The van der Waals surface area contributed by atoms with E-state index in [1.54, 1.807) is 6.20 Å². The number of halogens is 1. The van der Waals surface area contributed by atoms with E-state index in [9.17, 15) is 9.18 Å². The highest BCUT2D eigenvalue weighted by Crippen LogP contribution is 2.21. The van der Waals surface area contributed by atoms with Gasteiger partial charge >= 0.3 is 0 Å². The van der Waals surface area contributed by atoms with E-state index in [4.69, 9.17) is 0 Å². The van der Waals surface area contributed by atoms with Crippen LogP contribution in [0.1, 0.15) is 29.9 Å². The number of pyridine rings is 1. The summed E-state index contributed by atoms with van der Waals surface area (Å²) in [4.78, 5) is 20.1. The third-order valence-corrected chi connectivity index (χ3v) is 4.08. The van der Waals surface area contributed by atoms with Crippen LogP contribution in [0.15, 0.2) is 55.1 Å². The number of rotatable bonds is 5. The standard InChI is InChI=1S/C19H19FN4O/c1-13(24-8-7-22-14(24)2)16-3-5-18(6-4-16)23-19(25)10-15-9-17(20)12-21-11-15/h3-9,11-13H,10H2,1-2H3,(H,23,25)/t13-/m1/s1. The van der Waals surface area contributed by atoms with E-state index >= 15 is 0 Å². The number of imidazole rings is 1. The molecule has 1 N–H and O–H groups in total. The van der Waals surface area contributed by atoms with Gasteiger partial charge in [-0.15, -0.1) is 0 Å². The summed E-state index contributed by atoms with van der Waals surface area (Å²) in [5.41, 5.74) is 2.36. The number of amides is 1. The molecule has 1 amide bonds. The first-order valence-electron chi connectivity index (χ1n) is 8.01. The minimum atomic E-state index is -0.446. The Morgan fingerprint density at radius 3 is 2.68 bits per heavy atom. The zero-order valence-corrected chi connectivity index (χ0v) is 14.1. The van der Waals surface area contributed by atoms with Crippen molar-refractivity contribution in [3.05, 3.63) is 77.9 Å². The second-order valence-corrected chi connectivity index (χ2v) is 5.92. The van der Waals surface area contributed by atoms with Crippen LogP contribution in [0.2, 0.25) is 0 Å². The third-order valence-electron chi connectivity index (χ3n) is 4.08. The summed E-state index contributed by atoms with van der Waals surface area (Å²) in [5, 5.41) is 2.81. The van der Waals surface area contributed by atoms with E-state index in [1.165, 1.54) is 12.3 Å². The van der Waals surface area contributed by atoms with Crippen molar-refractivity contribution in [2.24, 2.45) is 0 Å². The molecule has 0 saturated heterocycles. The molecule has 0 spiro atoms. The number of carbonyl (C=O) groups excluding carboxylic acids is 1. The number of hydrogen-bond donors (Lipinski definition) is 1. The molecule has 1 aromatic carbocycles. The van der Waals surface area contributed by atoms with Crippen molar-refractivity contribution in [3.8, 4) is 0 Å². The van der Waals surface area contributed by atoms with Crippen molar-refractivity contribution in [2.45, 2.75) is 26.3 Å². The number of carbonyl (C=O) groups is 1. The number of nitrogens with one attached hydrogen (secondary N) is 1. The SMILES string of the molecule is Cc1nccn1[C@H](C)c1ccc(NC(=O)Cc2cncc(F)c2)cc1. The molecule has 2 aromatic heterocycles. The van der Waals surface area contributed by atoms with Crippen molar-refractivity contribution in [3.63, 3.8) is 0 Å². The monoisotopic (exact) mass is 338 g/mol. The van der Waals surface area contributed by atoms with Gasteiger partial charge in [-0.05, 0) is 43.2 Å². The van der Waals surface area contributed by atoms with Gasteiger partial charge in [0.25, 0.3) is 0 Å². The summed E-state index contributed by atoms with van der Waals surface area (Å²) < 4.78 is 15.2. The molecule has 2 heterocycles. The summed E-state index contributed by atoms with van der Waals surface area (Å²) in [6.45, 7) is 4.06. The van der Waals surface area contributed by atoms with Crippen molar-refractivity contribution >= 4 is 11.6 Å². The molecule has 5 nitrogen and oxygen atoms in total. The molecule has 0 bridgehead atoms. The van der Waals surface area contributed by atoms with Crippen LogP contribution in [0.4, 0.5) is 10.1 Å². The molecule has 0 aliphatic heterocycles. The highest BCUT2D eigenvalue weighted by Gasteiger charge is 2.10. The number of aryl methyl sites for hydroxylation is 1. The van der Waals surface area contributed by atoms with Crippen LogP contribution in [0, 0.1) is 12.7 Å². The minimum Gasteiger partial charge on any atom is -0.328 e. The number of nitrogens with zero attached hydrogens (tertiary/aromatic N) is 3. The number of benzene rings is 1. The average molecular weight is 338 g/mol. The topological polar surface area (TPSA) is 59.8 Å². The maximum atomic E-state index is 13.1. The lowest BCUT2D eigenvalue weighted by Gasteiger charge is -2.16. The zero-order chi connectivity index (χ0) is 17.8. The van der Waals surface area contributed by atoms with Crippen LogP contribution in [0.25, 0.3) is 0 Å². The van der Waals surface area contributed by atoms with Gasteiger partial charge in [-0.2, -0.15) is 0 Å². The highest BCUT2D eigenvalue weighted by molar-refractivity contribution is 5.92. The Morgan fingerprint density at radius 1 is 1.28 bits per heavy atom. The second kappa shape index (κ2) is 7.25. The van der Waals surface area contributed by atoms with Gasteiger partial charge in [0, 0.05) is 24.3 Å². The van der Waals surface area contributed by atoms with E-state index in [1.807, 2.05) is 37.4 Å². The van der Waals surface area contributed by atoms with Gasteiger partial charge in [-0.1, -0.05) is 12.1 Å². The molecule has 3 rings (SSSR count). The summed E-state index contributed by atoms with van der Waals surface area (Å²) >= 11 is 0. The summed E-state index contributed by atoms with van der Waals surface area (Å²) in [6.07, 6.45) is 6.41. The molecule has 1 atom stereocenters. The average Bonchev–Trinajstić information content (AvgIpc) is 3.01. The maximum Gasteiger partial charge on any atom is 0.228 e. The van der Waals surface area contributed by atoms with Crippen LogP contribution in [-0.4, -0.2) is 20.4 Å². The van der Waals surface area contributed by atoms with Gasteiger partial charge in [0.1, 0.15) is 11.6 Å². The van der Waals surface area contributed by atoms with Gasteiger partial charge in [0.2, 0.25) is 5.91 Å². The number of anilines is 1. The van der Waals surface area contributed by atoms with Gasteiger partial charge in [0.15, 0.2) is 0 Å². The fourth-order valence-electron chi connectivity index (χ4n) is 2.75. The van der Waals surface area contributed by atoms with Gasteiger partial charge < -0.3 is 9.88 Å². The lowest BCUT2D eigenvalue weighted by molar-refractivity contribution is -0.115. The van der Waals surface area contributed by atoms with E-state index in [2.05, 4.69) is 26.8 Å². The van der Waals surface area contributed by atoms with Crippen LogP contribution >= 0.6 is 0 Å². The predicted molar refractivity (Wildman–Crippen MR) is 93.7 cm³/mol. The minimum absolute atomic E-state index is 0.0805. The van der Waals surface area contributed by atoms with Gasteiger partial charge in [-0.25, -0.2) is 9.37 Å². The molecule has 0 saturated carbocycles. The van der Waals surface area contributed by atoms with Crippen LogP contribution in [0.5, 0.6) is 0 Å². The van der Waals surface area contributed by atoms with Gasteiger partial charge in [-0.3, -0.25) is 9.78 Å². The Kier molecular flexibility index (Phi) is 4.88. The molecule has 0 unspecified atom stereocenters. The number of aromatic nitrogens is 3. The predicted octanol–water partition coefficient (Wildman–Crippen LogP) is 3.52. The molecule has 25 heavy (non-hydrogen) atoms.